The molecule has 1 aliphatic rings. The highest BCUT2D eigenvalue weighted by Crippen LogP contribution is 2.34. The molecule has 0 bridgehead atoms. The maximum Gasteiger partial charge on any atom is 0.0175 e. The second-order valence-corrected chi connectivity index (χ2v) is 5.89. The molecule has 17 heavy (non-hydrogen) atoms. The third kappa shape index (κ3) is 4.29. The Morgan fingerprint density at radius 3 is 2.41 bits per heavy atom. The lowest BCUT2D eigenvalue weighted by molar-refractivity contribution is 0.369. The van der Waals surface area contributed by atoms with Gasteiger partial charge in [0.15, 0.2) is 0 Å². The Kier molecular flexibility index (Phi) is 5.94. The molecule has 0 amide bonds. The van der Waals surface area contributed by atoms with E-state index in [2.05, 4.69) is 20.8 Å². The minimum atomic E-state index is 0.447. The first-order valence-electron chi connectivity index (χ1n) is 7.27. The van der Waals surface area contributed by atoms with Gasteiger partial charge in [0.25, 0.3) is 0 Å². The van der Waals surface area contributed by atoms with Crippen molar-refractivity contribution >= 4 is 5.71 Å². The van der Waals surface area contributed by atoms with E-state index < -0.39 is 0 Å². The van der Waals surface area contributed by atoms with Crippen LogP contribution in [0, 0.1) is 17.2 Å². The fourth-order valence-electron chi connectivity index (χ4n) is 3.24. The zero-order chi connectivity index (χ0) is 12.8. The molecule has 0 aliphatic heterocycles. The second-order valence-electron chi connectivity index (χ2n) is 5.89. The molecule has 0 aromatic heterocycles. The van der Waals surface area contributed by atoms with Gasteiger partial charge in [-0.2, -0.15) is 0 Å². The molecule has 0 saturated heterocycles. The van der Waals surface area contributed by atoms with Gasteiger partial charge in [-0.3, -0.25) is 0 Å². The van der Waals surface area contributed by atoms with E-state index in [0.717, 1.165) is 11.6 Å². The van der Waals surface area contributed by atoms with E-state index in [9.17, 15) is 0 Å². The van der Waals surface area contributed by atoms with E-state index in [1.54, 1.807) is 5.57 Å². The summed E-state index contributed by atoms with van der Waals surface area (Å²) < 4.78 is 0. The molecule has 1 nitrogen and oxygen atoms in total. The molecule has 0 radical (unpaired) electrons. The SMILES string of the molecule is CCCC1CCCC(C(C)=N)C(=C(C)C)CC1. The minimum absolute atomic E-state index is 0.447. The largest absolute Gasteiger partial charge is 0.309 e. The van der Waals surface area contributed by atoms with Crippen LogP contribution in [0.5, 0.6) is 0 Å². The standard InChI is InChI=1S/C16H29N/c1-5-7-14-8-6-9-16(13(4)17)15(11-10-14)12(2)3/h14,16-17H,5-11H2,1-4H3. The zero-order valence-corrected chi connectivity index (χ0v) is 12.1. The lowest BCUT2D eigenvalue weighted by atomic mass is 9.78. The first-order chi connectivity index (χ1) is 8.06. The van der Waals surface area contributed by atoms with Crippen LogP contribution < -0.4 is 0 Å². The van der Waals surface area contributed by atoms with Crippen molar-refractivity contribution < 1.29 is 0 Å². The summed E-state index contributed by atoms with van der Waals surface area (Å²) in [7, 11) is 0. The summed E-state index contributed by atoms with van der Waals surface area (Å²) in [6.07, 6.45) is 9.18. The monoisotopic (exact) mass is 235 g/mol. The highest BCUT2D eigenvalue weighted by molar-refractivity contribution is 5.84. The van der Waals surface area contributed by atoms with Crippen molar-refractivity contribution in [2.45, 2.75) is 72.6 Å². The molecule has 0 aromatic carbocycles. The van der Waals surface area contributed by atoms with Crippen LogP contribution in [0.25, 0.3) is 0 Å². The third-order valence-electron chi connectivity index (χ3n) is 4.21. The lowest BCUT2D eigenvalue weighted by Crippen LogP contribution is -2.18. The molecule has 1 heteroatoms. The Morgan fingerprint density at radius 2 is 1.88 bits per heavy atom. The van der Waals surface area contributed by atoms with Gasteiger partial charge in [-0.15, -0.1) is 0 Å². The molecule has 1 aliphatic carbocycles. The van der Waals surface area contributed by atoms with E-state index in [4.69, 9.17) is 5.41 Å². The minimum Gasteiger partial charge on any atom is -0.309 e. The van der Waals surface area contributed by atoms with Crippen molar-refractivity contribution in [1.82, 2.24) is 0 Å². The Balaban J connectivity index is 2.75. The highest BCUT2D eigenvalue weighted by atomic mass is 14.4. The average molecular weight is 235 g/mol. The van der Waals surface area contributed by atoms with Crippen LogP contribution in [0.3, 0.4) is 0 Å². The normalized spacial score (nSPS) is 26.2. The molecule has 0 heterocycles. The molecule has 0 aromatic rings. The van der Waals surface area contributed by atoms with Gasteiger partial charge < -0.3 is 5.41 Å². The average Bonchev–Trinajstić information content (AvgIpc) is 2.21. The smallest absolute Gasteiger partial charge is 0.0175 e. The van der Waals surface area contributed by atoms with Crippen molar-refractivity contribution in [3.63, 3.8) is 0 Å². The van der Waals surface area contributed by atoms with Gasteiger partial charge in [0, 0.05) is 11.6 Å². The fraction of sp³-hybridized carbons (Fsp3) is 0.812. The van der Waals surface area contributed by atoms with Crippen molar-refractivity contribution in [3.05, 3.63) is 11.1 Å². The number of rotatable bonds is 3. The van der Waals surface area contributed by atoms with E-state index in [-0.39, 0.29) is 0 Å². The summed E-state index contributed by atoms with van der Waals surface area (Å²) >= 11 is 0. The highest BCUT2D eigenvalue weighted by Gasteiger charge is 2.22. The van der Waals surface area contributed by atoms with E-state index in [1.807, 2.05) is 6.92 Å². The van der Waals surface area contributed by atoms with Crippen LogP contribution in [0.1, 0.15) is 72.6 Å². The number of allylic oxidation sites excluding steroid dienone is 2. The van der Waals surface area contributed by atoms with E-state index in [1.165, 1.54) is 50.5 Å². The topological polar surface area (TPSA) is 23.9 Å². The van der Waals surface area contributed by atoms with Gasteiger partial charge in [0.1, 0.15) is 0 Å². The van der Waals surface area contributed by atoms with Crippen molar-refractivity contribution in [3.8, 4) is 0 Å². The third-order valence-corrected chi connectivity index (χ3v) is 4.21. The van der Waals surface area contributed by atoms with Gasteiger partial charge in [-0.25, -0.2) is 0 Å². The maximum absolute atomic E-state index is 7.98. The quantitative estimate of drug-likeness (QED) is 0.503. The molecule has 1 fully saturated rings. The molecule has 1 saturated carbocycles. The second kappa shape index (κ2) is 6.98. The number of hydrogen-bond acceptors (Lipinski definition) is 1. The van der Waals surface area contributed by atoms with Crippen LogP contribution in [0.2, 0.25) is 0 Å². The Bertz CT molecular complexity index is 284. The molecule has 2 unspecified atom stereocenters. The summed E-state index contributed by atoms with van der Waals surface area (Å²) in [5.74, 6) is 1.38. The summed E-state index contributed by atoms with van der Waals surface area (Å²) in [4.78, 5) is 0. The van der Waals surface area contributed by atoms with Crippen molar-refractivity contribution in [1.29, 1.82) is 5.41 Å². The number of nitrogens with one attached hydrogen (secondary N) is 1. The van der Waals surface area contributed by atoms with Crippen LogP contribution >= 0.6 is 0 Å². The van der Waals surface area contributed by atoms with Gasteiger partial charge in [0.2, 0.25) is 0 Å². The Hall–Kier alpha value is -0.590. The molecule has 1 N–H and O–H groups in total. The van der Waals surface area contributed by atoms with Gasteiger partial charge in [-0.05, 0) is 46.0 Å². The molecule has 0 spiro atoms. The fourth-order valence-corrected chi connectivity index (χ4v) is 3.24. The predicted molar refractivity (Wildman–Crippen MR) is 76.7 cm³/mol. The van der Waals surface area contributed by atoms with Crippen molar-refractivity contribution in [2.24, 2.45) is 11.8 Å². The van der Waals surface area contributed by atoms with E-state index >= 15 is 0 Å². The summed E-state index contributed by atoms with van der Waals surface area (Å²) in [5, 5.41) is 7.98. The molecule has 98 valence electrons. The molecule has 1 rings (SSSR count). The summed E-state index contributed by atoms with van der Waals surface area (Å²) in [6, 6.07) is 0. The van der Waals surface area contributed by atoms with Crippen LogP contribution in [0.15, 0.2) is 11.1 Å². The van der Waals surface area contributed by atoms with Gasteiger partial charge in [-0.1, -0.05) is 43.8 Å². The summed E-state index contributed by atoms with van der Waals surface area (Å²) in [5.41, 5.74) is 3.90. The molecule has 2 atom stereocenters. The molecular weight excluding hydrogens is 206 g/mol. The summed E-state index contributed by atoms with van der Waals surface area (Å²) in [6.45, 7) is 8.73. The van der Waals surface area contributed by atoms with Gasteiger partial charge >= 0.3 is 0 Å². The first-order valence-corrected chi connectivity index (χ1v) is 7.27. The first kappa shape index (κ1) is 14.5. The maximum atomic E-state index is 7.98. The Morgan fingerprint density at radius 1 is 1.18 bits per heavy atom. The van der Waals surface area contributed by atoms with Crippen LogP contribution in [-0.4, -0.2) is 5.71 Å². The zero-order valence-electron chi connectivity index (χ0n) is 12.1. The molecular formula is C16H29N. The Labute approximate surface area is 107 Å². The predicted octanol–water partition coefficient (Wildman–Crippen LogP) is 5.36. The number of hydrogen-bond donors (Lipinski definition) is 1. The van der Waals surface area contributed by atoms with E-state index in [0.29, 0.717) is 5.92 Å². The van der Waals surface area contributed by atoms with Crippen molar-refractivity contribution in [2.75, 3.05) is 0 Å². The van der Waals surface area contributed by atoms with Crippen LogP contribution in [0.4, 0.5) is 0 Å². The van der Waals surface area contributed by atoms with Gasteiger partial charge in [0.05, 0.1) is 0 Å². The lowest BCUT2D eigenvalue weighted by Gasteiger charge is -2.28. The van der Waals surface area contributed by atoms with Crippen LogP contribution in [-0.2, 0) is 0 Å².